The Labute approximate surface area is 119 Å². The molecule has 1 N–H and O–H groups in total. The third-order valence-electron chi connectivity index (χ3n) is 2.61. The number of rotatable bonds is 7. The van der Waals surface area contributed by atoms with Gasteiger partial charge in [0.2, 0.25) is 5.91 Å². The lowest BCUT2D eigenvalue weighted by atomic mass is 10.1. The van der Waals surface area contributed by atoms with Gasteiger partial charge in [-0.2, -0.15) is 0 Å². The SMILES string of the molecule is COCCOC(=O)CCC(=O)Nc1cc(C)cc(C)c1. The number of benzene rings is 1. The fourth-order valence-corrected chi connectivity index (χ4v) is 1.80. The third kappa shape index (κ3) is 6.33. The maximum absolute atomic E-state index is 11.7. The number of ether oxygens (including phenoxy) is 2. The van der Waals surface area contributed by atoms with E-state index in [9.17, 15) is 9.59 Å². The van der Waals surface area contributed by atoms with Crippen LogP contribution in [0.3, 0.4) is 0 Å². The van der Waals surface area contributed by atoms with Crippen molar-refractivity contribution < 1.29 is 19.1 Å². The first-order chi connectivity index (χ1) is 9.51. The summed E-state index contributed by atoms with van der Waals surface area (Å²) in [5.74, 6) is -0.587. The molecule has 0 aliphatic heterocycles. The van der Waals surface area contributed by atoms with Crippen LogP contribution >= 0.6 is 0 Å². The Bertz CT molecular complexity index is 451. The maximum atomic E-state index is 11.7. The predicted octanol–water partition coefficient (Wildman–Crippen LogP) is 2.21. The van der Waals surface area contributed by atoms with Crippen molar-refractivity contribution in [1.29, 1.82) is 0 Å². The van der Waals surface area contributed by atoms with Crippen LogP contribution in [0, 0.1) is 13.8 Å². The first kappa shape index (κ1) is 16.2. The summed E-state index contributed by atoms with van der Waals surface area (Å²) in [6.07, 6.45) is 0.180. The molecule has 0 aliphatic carbocycles. The van der Waals surface area contributed by atoms with Crippen molar-refractivity contribution >= 4 is 17.6 Å². The molecule has 1 rings (SSSR count). The second kappa shape index (κ2) is 8.32. The highest BCUT2D eigenvalue weighted by Crippen LogP contribution is 2.14. The van der Waals surface area contributed by atoms with Crippen molar-refractivity contribution in [2.24, 2.45) is 0 Å². The molecule has 0 aromatic heterocycles. The van der Waals surface area contributed by atoms with Crippen LogP contribution < -0.4 is 5.32 Å². The number of amides is 1. The molecule has 1 aromatic carbocycles. The summed E-state index contributed by atoms with van der Waals surface area (Å²) in [5, 5.41) is 2.77. The molecule has 0 saturated carbocycles. The second-order valence-corrected chi connectivity index (χ2v) is 4.64. The quantitative estimate of drug-likeness (QED) is 0.614. The Hall–Kier alpha value is -1.88. The summed E-state index contributed by atoms with van der Waals surface area (Å²) in [7, 11) is 1.53. The summed E-state index contributed by atoms with van der Waals surface area (Å²) >= 11 is 0. The van der Waals surface area contributed by atoms with Gasteiger partial charge < -0.3 is 14.8 Å². The topological polar surface area (TPSA) is 64.6 Å². The van der Waals surface area contributed by atoms with E-state index in [-0.39, 0.29) is 25.4 Å². The highest BCUT2D eigenvalue weighted by Gasteiger charge is 2.08. The minimum absolute atomic E-state index is 0.0698. The van der Waals surface area contributed by atoms with Gasteiger partial charge in [0.25, 0.3) is 0 Å². The Morgan fingerprint density at radius 2 is 1.70 bits per heavy atom. The molecule has 0 atom stereocenters. The van der Waals surface area contributed by atoms with E-state index >= 15 is 0 Å². The number of anilines is 1. The van der Waals surface area contributed by atoms with Crippen LogP contribution in [-0.2, 0) is 19.1 Å². The summed E-state index contributed by atoms with van der Waals surface area (Å²) in [5.41, 5.74) is 2.92. The molecule has 1 aromatic rings. The smallest absolute Gasteiger partial charge is 0.306 e. The highest BCUT2D eigenvalue weighted by molar-refractivity contribution is 5.92. The number of nitrogens with one attached hydrogen (secondary N) is 1. The number of carbonyl (C=O) groups excluding carboxylic acids is 2. The largest absolute Gasteiger partial charge is 0.463 e. The van der Waals surface area contributed by atoms with Crippen LogP contribution in [0.5, 0.6) is 0 Å². The van der Waals surface area contributed by atoms with Crippen molar-refractivity contribution in [2.45, 2.75) is 26.7 Å². The van der Waals surface area contributed by atoms with Gasteiger partial charge in [0.15, 0.2) is 0 Å². The number of methoxy groups -OCH3 is 1. The van der Waals surface area contributed by atoms with Gasteiger partial charge in [0.1, 0.15) is 6.61 Å². The van der Waals surface area contributed by atoms with Gasteiger partial charge >= 0.3 is 5.97 Å². The van der Waals surface area contributed by atoms with Crippen LogP contribution in [0.1, 0.15) is 24.0 Å². The Kier molecular flexibility index (Phi) is 6.73. The van der Waals surface area contributed by atoms with E-state index in [1.165, 1.54) is 7.11 Å². The Morgan fingerprint density at radius 1 is 1.05 bits per heavy atom. The summed E-state index contributed by atoms with van der Waals surface area (Å²) in [6.45, 7) is 4.51. The molecular weight excluding hydrogens is 258 g/mol. The van der Waals surface area contributed by atoms with E-state index in [0.717, 1.165) is 16.8 Å². The van der Waals surface area contributed by atoms with E-state index in [1.54, 1.807) is 0 Å². The van der Waals surface area contributed by atoms with Gasteiger partial charge in [-0.1, -0.05) is 6.07 Å². The zero-order valence-corrected chi connectivity index (χ0v) is 12.2. The van der Waals surface area contributed by atoms with E-state index in [2.05, 4.69) is 5.32 Å². The van der Waals surface area contributed by atoms with Gasteiger partial charge in [-0.05, 0) is 37.1 Å². The summed E-state index contributed by atoms with van der Waals surface area (Å²) < 4.78 is 9.64. The van der Waals surface area contributed by atoms with Crippen LogP contribution in [0.25, 0.3) is 0 Å². The van der Waals surface area contributed by atoms with E-state index < -0.39 is 5.97 Å². The molecular formula is C15H21NO4. The van der Waals surface area contributed by atoms with Crippen molar-refractivity contribution in [3.05, 3.63) is 29.3 Å². The van der Waals surface area contributed by atoms with Gasteiger partial charge in [-0.3, -0.25) is 9.59 Å². The predicted molar refractivity (Wildman–Crippen MR) is 76.6 cm³/mol. The highest BCUT2D eigenvalue weighted by atomic mass is 16.6. The monoisotopic (exact) mass is 279 g/mol. The Balaban J connectivity index is 2.34. The standard InChI is InChI=1S/C15H21NO4/c1-11-8-12(2)10-13(9-11)16-14(17)4-5-15(18)20-7-6-19-3/h8-10H,4-7H2,1-3H3,(H,16,17). The molecule has 110 valence electrons. The first-order valence-corrected chi connectivity index (χ1v) is 6.54. The molecule has 0 spiro atoms. The van der Waals surface area contributed by atoms with Crippen LogP contribution in [0.4, 0.5) is 5.69 Å². The second-order valence-electron chi connectivity index (χ2n) is 4.64. The fraction of sp³-hybridized carbons (Fsp3) is 0.467. The molecule has 5 nitrogen and oxygen atoms in total. The lowest BCUT2D eigenvalue weighted by Crippen LogP contribution is -2.15. The normalized spacial score (nSPS) is 10.2. The van der Waals surface area contributed by atoms with Crippen molar-refractivity contribution in [3.63, 3.8) is 0 Å². The van der Waals surface area contributed by atoms with E-state index in [1.807, 2.05) is 32.0 Å². The average molecular weight is 279 g/mol. The molecule has 0 fully saturated rings. The molecule has 0 radical (unpaired) electrons. The van der Waals surface area contributed by atoms with Gasteiger partial charge in [-0.15, -0.1) is 0 Å². The molecule has 0 saturated heterocycles. The first-order valence-electron chi connectivity index (χ1n) is 6.54. The number of carbonyl (C=O) groups is 2. The van der Waals surface area contributed by atoms with Crippen LogP contribution in [0.15, 0.2) is 18.2 Å². The van der Waals surface area contributed by atoms with Gasteiger partial charge in [0, 0.05) is 19.2 Å². The van der Waals surface area contributed by atoms with Crippen LogP contribution in [0.2, 0.25) is 0 Å². The Morgan fingerprint density at radius 3 is 2.30 bits per heavy atom. The third-order valence-corrected chi connectivity index (χ3v) is 2.61. The van der Waals surface area contributed by atoms with E-state index in [0.29, 0.717) is 6.61 Å². The average Bonchev–Trinajstić information content (AvgIpc) is 2.35. The lowest BCUT2D eigenvalue weighted by molar-refractivity contribution is -0.145. The molecule has 0 bridgehead atoms. The number of aryl methyl sites for hydroxylation is 2. The van der Waals surface area contributed by atoms with Crippen molar-refractivity contribution in [3.8, 4) is 0 Å². The van der Waals surface area contributed by atoms with Crippen molar-refractivity contribution in [2.75, 3.05) is 25.6 Å². The van der Waals surface area contributed by atoms with Gasteiger partial charge in [-0.25, -0.2) is 0 Å². The number of esters is 1. The summed E-state index contributed by atoms with van der Waals surface area (Å²) in [6, 6.07) is 5.81. The number of hydrogen-bond donors (Lipinski definition) is 1. The lowest BCUT2D eigenvalue weighted by Gasteiger charge is -2.07. The minimum atomic E-state index is -0.391. The molecule has 0 aliphatic rings. The van der Waals surface area contributed by atoms with Gasteiger partial charge in [0.05, 0.1) is 13.0 Å². The minimum Gasteiger partial charge on any atom is -0.463 e. The maximum Gasteiger partial charge on any atom is 0.306 e. The molecule has 0 heterocycles. The zero-order valence-electron chi connectivity index (χ0n) is 12.2. The summed E-state index contributed by atoms with van der Waals surface area (Å²) in [4.78, 5) is 23.1. The number of hydrogen-bond acceptors (Lipinski definition) is 4. The molecule has 5 heteroatoms. The molecule has 1 amide bonds. The molecule has 20 heavy (non-hydrogen) atoms. The fourth-order valence-electron chi connectivity index (χ4n) is 1.80. The van der Waals surface area contributed by atoms with Crippen molar-refractivity contribution in [1.82, 2.24) is 0 Å². The zero-order chi connectivity index (χ0) is 15.0. The van der Waals surface area contributed by atoms with Crippen LogP contribution in [-0.4, -0.2) is 32.2 Å². The molecule has 0 unspecified atom stereocenters. The van der Waals surface area contributed by atoms with E-state index in [4.69, 9.17) is 9.47 Å².